The predicted octanol–water partition coefficient (Wildman–Crippen LogP) is 4.60. The van der Waals surface area contributed by atoms with Gasteiger partial charge in [0.2, 0.25) is 5.91 Å². The molecule has 1 aliphatic carbocycles. The lowest BCUT2D eigenvalue weighted by Crippen LogP contribution is -2.27. The number of carbonyl (C=O) groups is 1. The quantitative estimate of drug-likeness (QED) is 0.675. The van der Waals surface area contributed by atoms with Gasteiger partial charge in [0, 0.05) is 29.4 Å². The molecule has 0 aliphatic heterocycles. The predicted molar refractivity (Wildman–Crippen MR) is 115 cm³/mol. The first-order valence-corrected chi connectivity index (χ1v) is 9.48. The number of aromatic nitrogens is 2. The Morgan fingerprint density at radius 2 is 1.89 bits per heavy atom. The van der Waals surface area contributed by atoms with Gasteiger partial charge in [-0.1, -0.05) is 18.2 Å². The SMILES string of the molecule is Cc1cc(NC2CCC(c3cnccc3C(N)=O)CC2)nc2ccccc12.Cl. The number of halogens is 1. The van der Waals surface area contributed by atoms with Crippen molar-refractivity contribution in [2.75, 3.05) is 5.32 Å². The lowest BCUT2D eigenvalue weighted by Gasteiger charge is -2.30. The third-order valence-electron chi connectivity index (χ3n) is 5.56. The number of para-hydroxylation sites is 1. The van der Waals surface area contributed by atoms with Gasteiger partial charge in [-0.05, 0) is 67.9 Å². The average molecular weight is 397 g/mol. The number of aryl methyl sites for hydroxylation is 1. The van der Waals surface area contributed by atoms with Gasteiger partial charge in [0.25, 0.3) is 0 Å². The van der Waals surface area contributed by atoms with Gasteiger partial charge in [0.1, 0.15) is 5.82 Å². The van der Waals surface area contributed by atoms with E-state index in [1.54, 1.807) is 18.5 Å². The highest BCUT2D eigenvalue weighted by Gasteiger charge is 2.25. The third kappa shape index (κ3) is 4.09. The summed E-state index contributed by atoms with van der Waals surface area (Å²) < 4.78 is 0. The minimum absolute atomic E-state index is 0. The maximum Gasteiger partial charge on any atom is 0.249 e. The molecule has 4 rings (SSSR count). The first-order valence-electron chi connectivity index (χ1n) is 9.48. The summed E-state index contributed by atoms with van der Waals surface area (Å²) in [6.07, 6.45) is 7.51. The monoisotopic (exact) mass is 396 g/mol. The summed E-state index contributed by atoms with van der Waals surface area (Å²) in [6, 6.07) is 12.5. The van der Waals surface area contributed by atoms with Gasteiger partial charge < -0.3 is 11.1 Å². The van der Waals surface area contributed by atoms with Gasteiger partial charge in [0.05, 0.1) is 5.52 Å². The molecule has 3 aromatic rings. The Morgan fingerprint density at radius 3 is 2.64 bits per heavy atom. The lowest BCUT2D eigenvalue weighted by molar-refractivity contribution is 0.0998. The average Bonchev–Trinajstić information content (AvgIpc) is 2.69. The third-order valence-corrected chi connectivity index (χ3v) is 5.56. The van der Waals surface area contributed by atoms with E-state index in [0.717, 1.165) is 42.6 Å². The number of carbonyl (C=O) groups excluding carboxylic acids is 1. The standard InChI is InChI=1S/C22H24N4O.ClH/c1-14-12-21(26-20-5-3-2-4-17(14)20)25-16-8-6-15(7-9-16)19-13-24-11-10-18(19)22(23)27;/h2-5,10-13,15-16H,6-9H2,1H3,(H2,23,27)(H,25,26);1H. The fourth-order valence-corrected chi connectivity index (χ4v) is 4.14. The number of amides is 1. The minimum atomic E-state index is -0.372. The van der Waals surface area contributed by atoms with Crippen molar-refractivity contribution in [1.82, 2.24) is 9.97 Å². The van der Waals surface area contributed by atoms with Gasteiger partial charge in [-0.15, -0.1) is 12.4 Å². The Balaban J connectivity index is 0.00000225. The zero-order chi connectivity index (χ0) is 18.8. The van der Waals surface area contributed by atoms with Crippen LogP contribution in [0.1, 0.15) is 53.1 Å². The van der Waals surface area contributed by atoms with Crippen LogP contribution in [0, 0.1) is 6.92 Å². The van der Waals surface area contributed by atoms with E-state index in [4.69, 9.17) is 10.7 Å². The smallest absolute Gasteiger partial charge is 0.249 e. The molecule has 1 aromatic carbocycles. The summed E-state index contributed by atoms with van der Waals surface area (Å²) in [6.45, 7) is 2.12. The molecule has 146 valence electrons. The molecule has 1 saturated carbocycles. The Bertz CT molecular complexity index is 983. The first kappa shape index (κ1) is 20.1. The summed E-state index contributed by atoms with van der Waals surface area (Å²) in [4.78, 5) is 20.6. The number of primary amides is 1. The van der Waals surface area contributed by atoms with Crippen LogP contribution in [0.4, 0.5) is 5.82 Å². The van der Waals surface area contributed by atoms with E-state index in [1.807, 2.05) is 12.1 Å². The van der Waals surface area contributed by atoms with Crippen molar-refractivity contribution >= 4 is 35.0 Å². The highest BCUT2D eigenvalue weighted by molar-refractivity contribution is 5.94. The molecule has 2 aromatic heterocycles. The number of anilines is 1. The zero-order valence-corrected chi connectivity index (χ0v) is 16.7. The molecule has 0 saturated heterocycles. The molecule has 1 fully saturated rings. The molecule has 28 heavy (non-hydrogen) atoms. The molecular formula is C22H25ClN4O. The van der Waals surface area contributed by atoms with Crippen LogP contribution >= 0.6 is 12.4 Å². The topological polar surface area (TPSA) is 80.9 Å². The van der Waals surface area contributed by atoms with E-state index in [-0.39, 0.29) is 18.3 Å². The number of hydrogen-bond acceptors (Lipinski definition) is 4. The Labute approximate surface area is 171 Å². The van der Waals surface area contributed by atoms with Gasteiger partial charge in [-0.3, -0.25) is 9.78 Å². The molecule has 3 N–H and O–H groups in total. The fourth-order valence-electron chi connectivity index (χ4n) is 4.14. The number of rotatable bonds is 4. The van der Waals surface area contributed by atoms with Gasteiger partial charge in [-0.25, -0.2) is 4.98 Å². The number of nitrogens with one attached hydrogen (secondary N) is 1. The number of benzene rings is 1. The van der Waals surface area contributed by atoms with E-state index >= 15 is 0 Å². The molecule has 5 nitrogen and oxygen atoms in total. The molecule has 2 heterocycles. The molecule has 0 atom stereocenters. The van der Waals surface area contributed by atoms with E-state index < -0.39 is 0 Å². The lowest BCUT2D eigenvalue weighted by atomic mass is 9.80. The molecule has 0 bridgehead atoms. The second-order valence-electron chi connectivity index (χ2n) is 7.36. The van der Waals surface area contributed by atoms with Crippen LogP contribution in [0.2, 0.25) is 0 Å². The maximum atomic E-state index is 11.7. The van der Waals surface area contributed by atoms with Crippen molar-refractivity contribution in [3.8, 4) is 0 Å². The van der Waals surface area contributed by atoms with Crippen molar-refractivity contribution in [3.63, 3.8) is 0 Å². The van der Waals surface area contributed by atoms with Crippen LogP contribution in [0.5, 0.6) is 0 Å². The molecule has 6 heteroatoms. The van der Waals surface area contributed by atoms with Gasteiger partial charge in [0.15, 0.2) is 0 Å². The number of nitrogens with zero attached hydrogens (tertiary/aromatic N) is 2. The Hall–Kier alpha value is -2.66. The van der Waals surface area contributed by atoms with Gasteiger partial charge in [-0.2, -0.15) is 0 Å². The Morgan fingerprint density at radius 1 is 1.14 bits per heavy atom. The number of nitrogens with two attached hydrogens (primary N) is 1. The summed E-state index contributed by atoms with van der Waals surface area (Å²) in [5.41, 5.74) is 9.37. The molecule has 0 radical (unpaired) electrons. The summed E-state index contributed by atoms with van der Waals surface area (Å²) in [7, 11) is 0. The van der Waals surface area contributed by atoms with Crippen molar-refractivity contribution in [2.45, 2.75) is 44.6 Å². The van der Waals surface area contributed by atoms with Gasteiger partial charge >= 0.3 is 0 Å². The fraction of sp³-hybridized carbons (Fsp3) is 0.318. The van der Waals surface area contributed by atoms with Crippen molar-refractivity contribution < 1.29 is 4.79 Å². The van der Waals surface area contributed by atoms with Crippen LogP contribution in [-0.2, 0) is 0 Å². The molecule has 1 aliphatic rings. The summed E-state index contributed by atoms with van der Waals surface area (Å²) in [5, 5.41) is 4.80. The largest absolute Gasteiger partial charge is 0.367 e. The van der Waals surface area contributed by atoms with Crippen molar-refractivity contribution in [1.29, 1.82) is 0 Å². The normalized spacial score (nSPS) is 19.0. The van der Waals surface area contributed by atoms with E-state index in [9.17, 15) is 4.79 Å². The van der Waals surface area contributed by atoms with E-state index in [0.29, 0.717) is 17.5 Å². The second kappa shape index (κ2) is 8.57. The molecule has 1 amide bonds. The highest BCUT2D eigenvalue weighted by Crippen LogP contribution is 2.35. The van der Waals surface area contributed by atoms with Crippen LogP contribution < -0.4 is 11.1 Å². The molecule has 0 unspecified atom stereocenters. The number of fused-ring (bicyclic) bond motifs is 1. The van der Waals surface area contributed by atoms with E-state index in [2.05, 4.69) is 35.4 Å². The summed E-state index contributed by atoms with van der Waals surface area (Å²) in [5.74, 6) is 0.905. The number of hydrogen-bond donors (Lipinski definition) is 2. The van der Waals surface area contributed by atoms with Crippen LogP contribution in [-0.4, -0.2) is 21.9 Å². The van der Waals surface area contributed by atoms with Crippen molar-refractivity contribution in [2.24, 2.45) is 5.73 Å². The second-order valence-corrected chi connectivity index (χ2v) is 7.36. The van der Waals surface area contributed by atoms with Crippen LogP contribution in [0.25, 0.3) is 10.9 Å². The first-order chi connectivity index (χ1) is 13.1. The molecule has 0 spiro atoms. The van der Waals surface area contributed by atoms with Crippen LogP contribution in [0.3, 0.4) is 0 Å². The number of pyridine rings is 2. The zero-order valence-electron chi connectivity index (χ0n) is 15.9. The van der Waals surface area contributed by atoms with Crippen LogP contribution in [0.15, 0.2) is 48.8 Å². The minimum Gasteiger partial charge on any atom is -0.367 e. The molecular weight excluding hydrogens is 372 g/mol. The summed E-state index contributed by atoms with van der Waals surface area (Å²) >= 11 is 0. The van der Waals surface area contributed by atoms with Crippen molar-refractivity contribution in [3.05, 3.63) is 65.5 Å². The maximum absolute atomic E-state index is 11.7. The highest BCUT2D eigenvalue weighted by atomic mass is 35.5. The van der Waals surface area contributed by atoms with E-state index in [1.165, 1.54) is 10.9 Å². The Kier molecular flexibility index (Phi) is 6.15.